The summed E-state index contributed by atoms with van der Waals surface area (Å²) in [6, 6.07) is 0.277. The predicted molar refractivity (Wildman–Crippen MR) is 108 cm³/mol. The first-order valence-corrected chi connectivity index (χ1v) is 9.85. The van der Waals surface area contributed by atoms with E-state index in [1.165, 1.54) is 6.33 Å². The number of carbonyl (C=O) groups is 1. The summed E-state index contributed by atoms with van der Waals surface area (Å²) in [5, 5.41) is 5.46. The highest BCUT2D eigenvalue weighted by Gasteiger charge is 2.32. The summed E-state index contributed by atoms with van der Waals surface area (Å²) in [6.45, 7) is 5.64. The fourth-order valence-corrected chi connectivity index (χ4v) is 4.15. The number of nitrogens with zero attached hydrogens (tertiary/aromatic N) is 5. The van der Waals surface area contributed by atoms with Crippen LogP contribution >= 0.6 is 22.6 Å². The van der Waals surface area contributed by atoms with Gasteiger partial charge >= 0.3 is 6.09 Å². The number of halogens is 1. The Labute approximate surface area is 166 Å². The van der Waals surface area contributed by atoms with Crippen LogP contribution in [0.15, 0.2) is 6.33 Å². The average Bonchev–Trinajstić information content (AvgIpc) is 2.91. The van der Waals surface area contributed by atoms with Gasteiger partial charge in [-0.3, -0.25) is 0 Å². The van der Waals surface area contributed by atoms with Crippen molar-refractivity contribution in [2.75, 3.05) is 12.8 Å². The summed E-state index contributed by atoms with van der Waals surface area (Å²) in [4.78, 5) is 22.6. The Bertz CT molecular complexity index is 815. The summed E-state index contributed by atoms with van der Waals surface area (Å²) >= 11 is 2.17. The van der Waals surface area contributed by atoms with Gasteiger partial charge < -0.3 is 15.4 Å². The van der Waals surface area contributed by atoms with Gasteiger partial charge in [-0.25, -0.2) is 19.4 Å². The second-order valence-electron chi connectivity index (χ2n) is 7.76. The van der Waals surface area contributed by atoms with Crippen molar-refractivity contribution in [3.63, 3.8) is 0 Å². The SMILES string of the molecule is CN(C(=O)OC(C)(C)C)C1CCCC(n2nc(I)c3c(N)ncnc32)C1. The van der Waals surface area contributed by atoms with Crippen LogP contribution in [0.2, 0.25) is 0 Å². The van der Waals surface area contributed by atoms with Crippen LogP contribution < -0.4 is 5.73 Å². The molecule has 142 valence electrons. The monoisotopic (exact) mass is 472 g/mol. The Balaban J connectivity index is 1.81. The average molecular weight is 472 g/mol. The minimum Gasteiger partial charge on any atom is -0.444 e. The molecular formula is C17H25IN6O2. The molecule has 0 bridgehead atoms. The zero-order valence-corrected chi connectivity index (χ0v) is 17.7. The third-order valence-electron chi connectivity index (χ3n) is 4.67. The number of nitrogens with two attached hydrogens (primary N) is 1. The van der Waals surface area contributed by atoms with Crippen LogP contribution in [-0.4, -0.2) is 49.4 Å². The molecule has 0 saturated heterocycles. The van der Waals surface area contributed by atoms with Crippen LogP contribution in [0.1, 0.15) is 52.5 Å². The van der Waals surface area contributed by atoms with Gasteiger partial charge in [0.25, 0.3) is 0 Å². The number of hydrogen-bond acceptors (Lipinski definition) is 6. The molecule has 2 aromatic heterocycles. The Morgan fingerprint density at radius 2 is 2.12 bits per heavy atom. The van der Waals surface area contributed by atoms with E-state index in [-0.39, 0.29) is 18.2 Å². The normalized spacial score (nSPS) is 21.0. The van der Waals surface area contributed by atoms with E-state index in [9.17, 15) is 4.79 Å². The van der Waals surface area contributed by atoms with Gasteiger partial charge in [0.15, 0.2) is 5.65 Å². The van der Waals surface area contributed by atoms with Crippen LogP contribution in [0.4, 0.5) is 10.6 Å². The topological polar surface area (TPSA) is 99.2 Å². The number of amides is 1. The summed E-state index contributed by atoms with van der Waals surface area (Å²) in [5.41, 5.74) is 6.25. The predicted octanol–water partition coefficient (Wildman–Crippen LogP) is 3.36. The van der Waals surface area contributed by atoms with Gasteiger partial charge in [0.1, 0.15) is 21.4 Å². The molecule has 1 saturated carbocycles. The number of carbonyl (C=O) groups excluding carboxylic acids is 1. The van der Waals surface area contributed by atoms with Crippen molar-refractivity contribution in [2.24, 2.45) is 0 Å². The van der Waals surface area contributed by atoms with Crippen molar-refractivity contribution in [1.29, 1.82) is 0 Å². The highest BCUT2D eigenvalue weighted by atomic mass is 127. The van der Waals surface area contributed by atoms with Crippen molar-refractivity contribution >= 4 is 45.5 Å². The minimum absolute atomic E-state index is 0.111. The van der Waals surface area contributed by atoms with Crippen LogP contribution in [0.5, 0.6) is 0 Å². The molecule has 1 aliphatic rings. The molecular weight excluding hydrogens is 447 g/mol. The second-order valence-corrected chi connectivity index (χ2v) is 8.78. The minimum atomic E-state index is -0.498. The van der Waals surface area contributed by atoms with E-state index < -0.39 is 5.60 Å². The molecule has 1 fully saturated rings. The zero-order chi connectivity index (χ0) is 19.1. The van der Waals surface area contributed by atoms with Crippen molar-refractivity contribution in [3.05, 3.63) is 10.0 Å². The third kappa shape index (κ3) is 3.86. The summed E-state index contributed by atoms with van der Waals surface area (Å²) in [6.07, 6.45) is 4.97. The lowest BCUT2D eigenvalue weighted by atomic mass is 9.90. The quantitative estimate of drug-likeness (QED) is 0.674. The highest BCUT2D eigenvalue weighted by Crippen LogP contribution is 2.34. The third-order valence-corrected chi connectivity index (χ3v) is 5.42. The van der Waals surface area contributed by atoms with Gasteiger partial charge in [0.2, 0.25) is 0 Å². The van der Waals surface area contributed by atoms with Gasteiger partial charge in [-0.05, 0) is 69.0 Å². The molecule has 2 unspecified atom stereocenters. The van der Waals surface area contributed by atoms with E-state index in [4.69, 9.17) is 10.5 Å². The summed E-state index contributed by atoms with van der Waals surface area (Å²) < 4.78 is 8.26. The molecule has 9 heteroatoms. The first-order chi connectivity index (χ1) is 12.2. The van der Waals surface area contributed by atoms with Crippen LogP contribution in [0.25, 0.3) is 11.0 Å². The molecule has 2 N–H and O–H groups in total. The molecule has 0 radical (unpaired) electrons. The maximum Gasteiger partial charge on any atom is 0.410 e. The molecule has 1 aliphatic carbocycles. The largest absolute Gasteiger partial charge is 0.444 e. The standard InChI is InChI=1S/C17H25IN6O2/c1-17(2,3)26-16(25)23(4)10-6-5-7-11(8-10)24-15-12(13(18)22-24)14(19)20-9-21-15/h9-11H,5-8H2,1-4H3,(H2,19,20,21). The number of nitrogen functional groups attached to an aromatic ring is 1. The maximum atomic E-state index is 12.4. The van der Waals surface area contributed by atoms with Gasteiger partial charge in [-0.2, -0.15) is 5.10 Å². The van der Waals surface area contributed by atoms with Crippen molar-refractivity contribution < 1.29 is 9.53 Å². The van der Waals surface area contributed by atoms with E-state index >= 15 is 0 Å². The molecule has 0 spiro atoms. The second kappa shape index (κ2) is 7.16. The highest BCUT2D eigenvalue weighted by molar-refractivity contribution is 14.1. The Hall–Kier alpha value is -1.65. The van der Waals surface area contributed by atoms with E-state index in [0.717, 1.165) is 40.4 Å². The van der Waals surface area contributed by atoms with E-state index in [0.29, 0.717) is 5.82 Å². The Morgan fingerprint density at radius 3 is 2.81 bits per heavy atom. The zero-order valence-electron chi connectivity index (χ0n) is 15.6. The van der Waals surface area contributed by atoms with Gasteiger partial charge in [-0.1, -0.05) is 0 Å². The molecule has 2 atom stereocenters. The fraction of sp³-hybridized carbons (Fsp3) is 0.647. The number of anilines is 1. The van der Waals surface area contributed by atoms with Gasteiger partial charge in [0, 0.05) is 13.1 Å². The molecule has 0 aromatic carbocycles. The molecule has 3 rings (SSSR count). The lowest BCUT2D eigenvalue weighted by Crippen LogP contribution is -2.43. The van der Waals surface area contributed by atoms with Crippen molar-refractivity contribution in [3.8, 4) is 0 Å². The first kappa shape index (κ1) is 19.1. The molecule has 26 heavy (non-hydrogen) atoms. The molecule has 2 aromatic rings. The first-order valence-electron chi connectivity index (χ1n) is 8.77. The molecule has 0 aliphatic heterocycles. The number of hydrogen-bond donors (Lipinski definition) is 1. The van der Waals surface area contributed by atoms with Crippen LogP contribution in [0, 0.1) is 3.70 Å². The summed E-state index contributed by atoms with van der Waals surface area (Å²) in [5.74, 6) is 0.448. The smallest absolute Gasteiger partial charge is 0.410 e. The molecule has 2 heterocycles. The summed E-state index contributed by atoms with van der Waals surface area (Å²) in [7, 11) is 1.81. The number of rotatable bonds is 2. The van der Waals surface area contributed by atoms with Crippen LogP contribution in [-0.2, 0) is 4.74 Å². The van der Waals surface area contributed by atoms with E-state index in [2.05, 4.69) is 37.7 Å². The van der Waals surface area contributed by atoms with E-state index in [1.807, 2.05) is 32.5 Å². The van der Waals surface area contributed by atoms with E-state index in [1.54, 1.807) is 4.90 Å². The number of fused-ring (bicyclic) bond motifs is 1. The van der Waals surface area contributed by atoms with Gasteiger partial charge in [-0.15, -0.1) is 0 Å². The molecule has 8 nitrogen and oxygen atoms in total. The fourth-order valence-electron chi connectivity index (χ4n) is 3.40. The molecule has 1 amide bonds. The van der Waals surface area contributed by atoms with Crippen molar-refractivity contribution in [1.82, 2.24) is 24.6 Å². The maximum absolute atomic E-state index is 12.4. The van der Waals surface area contributed by atoms with Gasteiger partial charge in [0.05, 0.1) is 11.4 Å². The lowest BCUT2D eigenvalue weighted by molar-refractivity contribution is 0.0165. The number of ether oxygens (including phenoxy) is 1. The Kier molecular flexibility index (Phi) is 5.27. The van der Waals surface area contributed by atoms with Crippen LogP contribution in [0.3, 0.4) is 0 Å². The Morgan fingerprint density at radius 1 is 1.38 bits per heavy atom. The van der Waals surface area contributed by atoms with Crippen molar-refractivity contribution in [2.45, 2.75) is 64.1 Å². The lowest BCUT2D eigenvalue weighted by Gasteiger charge is -2.36. The number of aromatic nitrogens is 4.